The molecule has 3 N–H and O–H groups in total. The minimum atomic E-state index is -3.92. The van der Waals surface area contributed by atoms with E-state index in [1.165, 1.54) is 23.2 Å². The van der Waals surface area contributed by atoms with Crippen molar-refractivity contribution in [2.24, 2.45) is 17.0 Å². The molecule has 0 spiro atoms. The SMILES string of the molecule is CC(C)CN1C[C@H](NCC2CC2)c2cc(S(N)(=O)=O)sc2S1(=O)=O. The molecule has 3 rings (SSSR count). The maximum absolute atomic E-state index is 12.8. The molecule has 136 valence electrons. The van der Waals surface area contributed by atoms with E-state index in [0.717, 1.165) is 17.9 Å². The van der Waals surface area contributed by atoms with Gasteiger partial charge in [-0.2, -0.15) is 4.31 Å². The van der Waals surface area contributed by atoms with Gasteiger partial charge in [0.1, 0.15) is 8.42 Å². The molecule has 1 saturated carbocycles. The van der Waals surface area contributed by atoms with Crippen LogP contribution in [0, 0.1) is 11.8 Å². The first kappa shape index (κ1) is 18.3. The molecule has 0 amide bonds. The van der Waals surface area contributed by atoms with Crippen LogP contribution in [0.5, 0.6) is 0 Å². The minimum absolute atomic E-state index is 0.0966. The van der Waals surface area contributed by atoms with Crippen LogP contribution >= 0.6 is 11.3 Å². The molecule has 2 heterocycles. The minimum Gasteiger partial charge on any atom is -0.308 e. The van der Waals surface area contributed by atoms with E-state index in [1.807, 2.05) is 13.8 Å². The van der Waals surface area contributed by atoms with E-state index in [0.29, 0.717) is 24.6 Å². The summed E-state index contributed by atoms with van der Waals surface area (Å²) in [6.45, 7) is 5.47. The van der Waals surface area contributed by atoms with Gasteiger partial charge >= 0.3 is 0 Å². The molecule has 0 bridgehead atoms. The molecule has 1 aromatic rings. The summed E-state index contributed by atoms with van der Waals surface area (Å²) in [5.74, 6) is 0.824. The first-order valence-electron chi connectivity index (χ1n) is 7.99. The van der Waals surface area contributed by atoms with Crippen LogP contribution in [-0.2, 0) is 20.0 Å². The Bertz CT molecular complexity index is 825. The summed E-state index contributed by atoms with van der Waals surface area (Å²) in [6.07, 6.45) is 2.37. The van der Waals surface area contributed by atoms with Crippen molar-refractivity contribution in [3.63, 3.8) is 0 Å². The first-order valence-corrected chi connectivity index (χ1v) is 11.8. The molecule has 1 fully saturated rings. The predicted molar refractivity (Wildman–Crippen MR) is 92.8 cm³/mol. The quantitative estimate of drug-likeness (QED) is 0.752. The standard InChI is InChI=1S/C14H23N3O4S3/c1-9(2)7-17-8-12(16-6-10-3-4-10)11-5-13(23(15,18)19)22-14(11)24(17,20)21/h5,9-10,12,16H,3-4,6-8H2,1-2H3,(H2,15,18,19)/t12-/m0/s1. The molecule has 7 nitrogen and oxygen atoms in total. The fraction of sp³-hybridized carbons (Fsp3) is 0.714. The van der Waals surface area contributed by atoms with E-state index in [4.69, 9.17) is 5.14 Å². The summed E-state index contributed by atoms with van der Waals surface area (Å²) < 4.78 is 50.5. The Morgan fingerprint density at radius 2 is 2.08 bits per heavy atom. The molecule has 1 aliphatic heterocycles. The number of nitrogens with one attached hydrogen (secondary N) is 1. The number of rotatable bonds is 6. The maximum atomic E-state index is 12.8. The molecule has 2 aliphatic rings. The molecule has 1 aliphatic carbocycles. The molecule has 1 atom stereocenters. The lowest BCUT2D eigenvalue weighted by Gasteiger charge is -2.33. The van der Waals surface area contributed by atoms with E-state index in [-0.39, 0.29) is 20.4 Å². The second-order valence-electron chi connectivity index (χ2n) is 6.97. The highest BCUT2D eigenvalue weighted by Crippen LogP contribution is 2.40. The number of nitrogens with two attached hydrogens (primary N) is 1. The summed E-state index contributed by atoms with van der Waals surface area (Å²) in [7, 11) is -7.60. The second kappa shape index (κ2) is 6.33. The Hall–Kier alpha value is -0.520. The molecular weight excluding hydrogens is 370 g/mol. The summed E-state index contributed by atoms with van der Waals surface area (Å²) in [5.41, 5.74) is 0.532. The zero-order valence-electron chi connectivity index (χ0n) is 13.7. The Morgan fingerprint density at radius 3 is 2.62 bits per heavy atom. The van der Waals surface area contributed by atoms with Crippen molar-refractivity contribution in [3.8, 4) is 0 Å². The highest BCUT2D eigenvalue weighted by Gasteiger charge is 2.40. The van der Waals surface area contributed by atoms with Crippen molar-refractivity contribution in [1.82, 2.24) is 9.62 Å². The van der Waals surface area contributed by atoms with Gasteiger partial charge in [0.25, 0.3) is 10.0 Å². The summed E-state index contributed by atoms with van der Waals surface area (Å²) in [4.78, 5) is 0. The highest BCUT2D eigenvalue weighted by atomic mass is 32.3. The van der Waals surface area contributed by atoms with Crippen LogP contribution in [-0.4, -0.2) is 40.8 Å². The number of thiophene rings is 1. The van der Waals surface area contributed by atoms with Gasteiger partial charge in [-0.1, -0.05) is 13.8 Å². The number of sulfonamides is 2. The Morgan fingerprint density at radius 1 is 1.42 bits per heavy atom. The summed E-state index contributed by atoms with van der Waals surface area (Å²) >= 11 is 0.751. The van der Waals surface area contributed by atoms with Crippen LogP contribution in [0.25, 0.3) is 0 Å². The smallest absolute Gasteiger partial charge is 0.253 e. The monoisotopic (exact) mass is 393 g/mol. The van der Waals surface area contributed by atoms with Crippen LogP contribution in [0.2, 0.25) is 0 Å². The van der Waals surface area contributed by atoms with Crippen LogP contribution < -0.4 is 10.5 Å². The van der Waals surface area contributed by atoms with Crippen molar-refractivity contribution in [2.45, 2.75) is 41.1 Å². The van der Waals surface area contributed by atoms with Gasteiger partial charge in [0, 0.05) is 24.7 Å². The number of nitrogens with zero attached hydrogens (tertiary/aromatic N) is 1. The largest absolute Gasteiger partial charge is 0.308 e. The van der Waals surface area contributed by atoms with Crippen LogP contribution in [0.4, 0.5) is 0 Å². The van der Waals surface area contributed by atoms with Crippen LogP contribution in [0.3, 0.4) is 0 Å². The topological polar surface area (TPSA) is 110 Å². The highest BCUT2D eigenvalue weighted by molar-refractivity contribution is 7.94. The third-order valence-electron chi connectivity index (χ3n) is 4.24. The van der Waals surface area contributed by atoms with Crippen molar-refractivity contribution >= 4 is 31.4 Å². The molecule has 0 radical (unpaired) electrons. The zero-order chi connectivity index (χ0) is 17.7. The molecule has 0 unspecified atom stereocenters. The van der Waals surface area contributed by atoms with Crippen LogP contribution in [0.1, 0.15) is 38.3 Å². The average molecular weight is 394 g/mol. The number of fused-ring (bicyclic) bond motifs is 1. The van der Waals surface area contributed by atoms with Crippen molar-refractivity contribution in [3.05, 3.63) is 11.6 Å². The lowest BCUT2D eigenvalue weighted by atomic mass is 10.1. The molecule has 0 aromatic carbocycles. The Balaban J connectivity index is 2.01. The van der Waals surface area contributed by atoms with Gasteiger partial charge in [-0.25, -0.2) is 22.0 Å². The molecule has 0 saturated heterocycles. The molecule has 1 aromatic heterocycles. The summed E-state index contributed by atoms with van der Waals surface area (Å²) in [5, 5.41) is 8.61. The van der Waals surface area contributed by atoms with Gasteiger partial charge in [0.15, 0.2) is 0 Å². The number of hydrogen-bond donors (Lipinski definition) is 2. The number of primary sulfonamides is 1. The Labute approximate surface area is 147 Å². The van der Waals surface area contributed by atoms with Crippen molar-refractivity contribution in [2.75, 3.05) is 19.6 Å². The number of hydrogen-bond acceptors (Lipinski definition) is 6. The van der Waals surface area contributed by atoms with Gasteiger partial charge < -0.3 is 5.32 Å². The third kappa shape index (κ3) is 3.68. The van der Waals surface area contributed by atoms with E-state index < -0.39 is 20.0 Å². The molecule has 10 heteroatoms. The van der Waals surface area contributed by atoms with Crippen molar-refractivity contribution < 1.29 is 16.8 Å². The summed E-state index contributed by atoms with van der Waals surface area (Å²) in [6, 6.07) is 1.22. The van der Waals surface area contributed by atoms with E-state index in [2.05, 4.69) is 5.32 Å². The maximum Gasteiger partial charge on any atom is 0.253 e. The average Bonchev–Trinajstić information content (AvgIpc) is 3.14. The van der Waals surface area contributed by atoms with E-state index in [1.54, 1.807) is 0 Å². The van der Waals surface area contributed by atoms with Crippen molar-refractivity contribution in [1.29, 1.82) is 0 Å². The first-order chi connectivity index (χ1) is 11.1. The van der Waals surface area contributed by atoms with Crippen LogP contribution in [0.15, 0.2) is 14.5 Å². The van der Waals surface area contributed by atoms with E-state index >= 15 is 0 Å². The zero-order valence-corrected chi connectivity index (χ0v) is 16.2. The third-order valence-corrected chi connectivity index (χ3v) is 9.17. The van der Waals surface area contributed by atoms with Gasteiger partial charge in [0.2, 0.25) is 10.0 Å². The van der Waals surface area contributed by atoms with E-state index in [9.17, 15) is 16.8 Å². The lowest BCUT2D eigenvalue weighted by molar-refractivity contribution is 0.313. The van der Waals surface area contributed by atoms with Gasteiger partial charge in [0.05, 0.1) is 0 Å². The molecular formula is C14H23N3O4S3. The van der Waals surface area contributed by atoms with Gasteiger partial charge in [-0.05, 0) is 37.3 Å². The molecule has 24 heavy (non-hydrogen) atoms. The second-order valence-corrected chi connectivity index (χ2v) is 11.9. The normalized spacial score (nSPS) is 24.2. The fourth-order valence-corrected chi connectivity index (χ4v) is 7.28. The predicted octanol–water partition coefficient (Wildman–Crippen LogP) is 1.10. The lowest BCUT2D eigenvalue weighted by Crippen LogP contribution is -2.45. The van der Waals surface area contributed by atoms with Gasteiger partial charge in [-0.15, -0.1) is 11.3 Å². The van der Waals surface area contributed by atoms with Gasteiger partial charge in [-0.3, -0.25) is 0 Å². The fourth-order valence-electron chi connectivity index (χ4n) is 2.85. The Kier molecular flexibility index (Phi) is 4.82.